The van der Waals surface area contributed by atoms with Crippen LogP contribution in [0.5, 0.6) is 11.5 Å². The van der Waals surface area contributed by atoms with Crippen molar-refractivity contribution in [1.82, 2.24) is 0 Å². The fourth-order valence-electron chi connectivity index (χ4n) is 1.77. The molecule has 0 atom stereocenters. The molecular formula is C15H12Br2N2O4. The minimum absolute atomic E-state index is 0.0187. The number of nitrogens with one attached hydrogen (secondary N) is 1. The molecule has 0 radical (unpaired) electrons. The van der Waals surface area contributed by atoms with E-state index in [2.05, 4.69) is 42.4 Å². The van der Waals surface area contributed by atoms with Crippen molar-refractivity contribution in [1.29, 1.82) is 0 Å². The van der Waals surface area contributed by atoms with E-state index in [4.69, 9.17) is 9.84 Å². The number of carboxylic acid groups (broad SMARTS) is 1. The van der Waals surface area contributed by atoms with Gasteiger partial charge in [0.25, 0.3) is 0 Å². The summed E-state index contributed by atoms with van der Waals surface area (Å²) in [6.45, 7) is 0. The van der Waals surface area contributed by atoms with E-state index in [9.17, 15) is 9.90 Å². The van der Waals surface area contributed by atoms with E-state index < -0.39 is 5.97 Å². The summed E-state index contributed by atoms with van der Waals surface area (Å²) in [4.78, 5) is 10.8. The van der Waals surface area contributed by atoms with Gasteiger partial charge in [-0.05, 0) is 62.2 Å². The maximum absolute atomic E-state index is 10.8. The molecule has 0 heterocycles. The minimum Gasteiger partial charge on any atom is -0.504 e. The molecule has 6 nitrogen and oxygen atoms in total. The number of rotatable bonds is 5. The zero-order chi connectivity index (χ0) is 17.0. The van der Waals surface area contributed by atoms with Crippen molar-refractivity contribution in [2.75, 3.05) is 12.5 Å². The van der Waals surface area contributed by atoms with Crippen molar-refractivity contribution < 1.29 is 19.7 Å². The van der Waals surface area contributed by atoms with Gasteiger partial charge in [-0.2, -0.15) is 5.10 Å². The average Bonchev–Trinajstić information content (AvgIpc) is 2.53. The summed E-state index contributed by atoms with van der Waals surface area (Å²) in [6.07, 6.45) is 1.51. The van der Waals surface area contributed by atoms with Gasteiger partial charge in [0.2, 0.25) is 0 Å². The summed E-state index contributed by atoms with van der Waals surface area (Å²) in [5.74, 6) is -0.677. The molecule has 0 saturated carbocycles. The van der Waals surface area contributed by atoms with Gasteiger partial charge in [0.1, 0.15) is 0 Å². The van der Waals surface area contributed by atoms with Gasteiger partial charge in [0.15, 0.2) is 11.5 Å². The normalized spacial score (nSPS) is 10.7. The number of aromatic carboxylic acids is 1. The van der Waals surface area contributed by atoms with E-state index in [0.29, 0.717) is 25.9 Å². The lowest BCUT2D eigenvalue weighted by Gasteiger charge is -2.09. The lowest BCUT2D eigenvalue weighted by molar-refractivity contribution is 0.0697. The number of carboxylic acids is 1. The fourth-order valence-corrected chi connectivity index (χ4v) is 2.76. The van der Waals surface area contributed by atoms with Crippen molar-refractivity contribution in [2.45, 2.75) is 0 Å². The third kappa shape index (κ3) is 4.02. The second-order valence-electron chi connectivity index (χ2n) is 4.40. The van der Waals surface area contributed by atoms with Gasteiger partial charge >= 0.3 is 5.97 Å². The third-order valence-electron chi connectivity index (χ3n) is 2.90. The Morgan fingerprint density at radius 2 is 1.91 bits per heavy atom. The maximum Gasteiger partial charge on any atom is 0.335 e. The molecule has 23 heavy (non-hydrogen) atoms. The van der Waals surface area contributed by atoms with Crippen LogP contribution in [0.1, 0.15) is 15.9 Å². The highest BCUT2D eigenvalue weighted by atomic mass is 79.9. The molecule has 2 rings (SSSR count). The smallest absolute Gasteiger partial charge is 0.335 e. The Balaban J connectivity index is 2.16. The molecule has 3 N–H and O–H groups in total. The highest BCUT2D eigenvalue weighted by Crippen LogP contribution is 2.41. The second-order valence-corrected chi connectivity index (χ2v) is 5.98. The molecule has 0 unspecified atom stereocenters. The molecule has 0 spiro atoms. The molecule has 0 aromatic heterocycles. The summed E-state index contributed by atoms with van der Waals surface area (Å²) in [6, 6.07) is 7.68. The van der Waals surface area contributed by atoms with E-state index >= 15 is 0 Å². The maximum atomic E-state index is 10.8. The van der Waals surface area contributed by atoms with Gasteiger partial charge in [-0.25, -0.2) is 4.79 Å². The van der Waals surface area contributed by atoms with Crippen LogP contribution >= 0.6 is 31.9 Å². The first-order valence-electron chi connectivity index (χ1n) is 6.31. The molecule has 8 heteroatoms. The van der Waals surface area contributed by atoms with Gasteiger partial charge in [0, 0.05) is 10.0 Å². The second kappa shape index (κ2) is 7.47. The number of phenolic OH excluding ortho intramolecular Hbond substituents is 1. The molecule has 2 aromatic rings. The first-order chi connectivity index (χ1) is 10.9. The Bertz CT molecular complexity index is 761. The predicted molar refractivity (Wildman–Crippen MR) is 94.7 cm³/mol. The van der Waals surface area contributed by atoms with Crippen molar-refractivity contribution in [3.63, 3.8) is 0 Å². The number of aromatic hydroxyl groups is 1. The first-order valence-corrected chi connectivity index (χ1v) is 7.90. The number of benzene rings is 2. The van der Waals surface area contributed by atoms with Gasteiger partial charge in [-0.15, -0.1) is 0 Å². The molecule has 2 aromatic carbocycles. The molecule has 0 aliphatic heterocycles. The number of anilines is 1. The van der Waals surface area contributed by atoms with Crippen LogP contribution in [0, 0.1) is 0 Å². The lowest BCUT2D eigenvalue weighted by atomic mass is 10.2. The monoisotopic (exact) mass is 442 g/mol. The summed E-state index contributed by atoms with van der Waals surface area (Å²) >= 11 is 6.73. The van der Waals surface area contributed by atoms with Crippen molar-refractivity contribution >= 4 is 49.7 Å². The number of methoxy groups -OCH3 is 1. The number of nitrogens with zero attached hydrogens (tertiary/aromatic N) is 1. The van der Waals surface area contributed by atoms with E-state index in [0.717, 1.165) is 0 Å². The van der Waals surface area contributed by atoms with Gasteiger partial charge in [0.05, 0.1) is 29.0 Å². The molecule has 0 saturated heterocycles. The molecule has 120 valence electrons. The number of halogens is 2. The summed E-state index contributed by atoms with van der Waals surface area (Å²) in [5, 5.41) is 22.8. The zero-order valence-electron chi connectivity index (χ0n) is 11.9. The fraction of sp³-hybridized carbons (Fsp3) is 0.0667. The summed E-state index contributed by atoms with van der Waals surface area (Å²) < 4.78 is 6.34. The van der Waals surface area contributed by atoms with E-state index in [1.165, 1.54) is 31.5 Å². The van der Waals surface area contributed by atoms with Crippen LogP contribution in [0.25, 0.3) is 0 Å². The largest absolute Gasteiger partial charge is 0.504 e. The van der Waals surface area contributed by atoms with Crippen LogP contribution in [-0.4, -0.2) is 29.5 Å². The number of hydrogen-bond acceptors (Lipinski definition) is 5. The number of phenols is 1. The van der Waals surface area contributed by atoms with Crippen LogP contribution in [-0.2, 0) is 0 Å². The van der Waals surface area contributed by atoms with Crippen molar-refractivity contribution in [3.8, 4) is 11.5 Å². The standard InChI is InChI=1S/C15H12Br2N2O4/c1-23-14-11(20)6-9(12(16)13(14)17)7-18-19-10-4-2-8(3-5-10)15(21)22/h2-7,19-20H,1H3,(H,21,22)/b18-7+. The van der Waals surface area contributed by atoms with Gasteiger partial charge in [-0.1, -0.05) is 0 Å². The SMILES string of the molecule is COc1c(O)cc(/C=N/Nc2ccc(C(=O)O)cc2)c(Br)c1Br. The van der Waals surface area contributed by atoms with E-state index in [1.54, 1.807) is 12.1 Å². The number of hydrazone groups is 1. The molecule has 0 bridgehead atoms. The average molecular weight is 444 g/mol. The van der Waals surface area contributed by atoms with Crippen molar-refractivity contribution in [2.24, 2.45) is 5.10 Å². The number of carbonyl (C=O) groups is 1. The van der Waals surface area contributed by atoms with Crippen LogP contribution in [0.3, 0.4) is 0 Å². The van der Waals surface area contributed by atoms with Crippen LogP contribution in [0.4, 0.5) is 5.69 Å². The molecule has 0 fully saturated rings. The van der Waals surface area contributed by atoms with Gasteiger partial charge < -0.3 is 14.9 Å². The number of hydrogen-bond donors (Lipinski definition) is 3. The number of ether oxygens (including phenoxy) is 1. The first kappa shape index (κ1) is 17.3. The highest BCUT2D eigenvalue weighted by molar-refractivity contribution is 9.13. The quantitative estimate of drug-likeness (QED) is 0.478. The Hall–Kier alpha value is -2.06. The molecular weight excluding hydrogens is 432 g/mol. The molecule has 0 amide bonds. The molecule has 0 aliphatic carbocycles. The molecule has 0 aliphatic rings. The van der Waals surface area contributed by atoms with Crippen LogP contribution < -0.4 is 10.2 Å². The van der Waals surface area contributed by atoms with Crippen LogP contribution in [0.15, 0.2) is 44.4 Å². The Kier molecular flexibility index (Phi) is 5.62. The van der Waals surface area contributed by atoms with E-state index in [1.807, 2.05) is 0 Å². The predicted octanol–water partition coefficient (Wildman–Crippen LogP) is 4.07. The Labute approximate surface area is 149 Å². The zero-order valence-corrected chi connectivity index (χ0v) is 15.1. The minimum atomic E-state index is -0.984. The lowest BCUT2D eigenvalue weighted by Crippen LogP contribution is -1.97. The topological polar surface area (TPSA) is 91.2 Å². The van der Waals surface area contributed by atoms with Gasteiger partial charge in [-0.3, -0.25) is 5.43 Å². The summed E-state index contributed by atoms with van der Waals surface area (Å²) in [5.41, 5.74) is 4.25. The summed E-state index contributed by atoms with van der Waals surface area (Å²) in [7, 11) is 1.46. The van der Waals surface area contributed by atoms with E-state index in [-0.39, 0.29) is 11.3 Å². The van der Waals surface area contributed by atoms with Crippen molar-refractivity contribution in [3.05, 3.63) is 50.4 Å². The third-order valence-corrected chi connectivity index (χ3v) is 5.05. The highest BCUT2D eigenvalue weighted by Gasteiger charge is 2.14. The Morgan fingerprint density at radius 3 is 2.48 bits per heavy atom. The Morgan fingerprint density at radius 1 is 1.26 bits per heavy atom. The van der Waals surface area contributed by atoms with Crippen LogP contribution in [0.2, 0.25) is 0 Å².